The number of rotatable bonds is 18. The zero-order chi connectivity index (χ0) is 29.2. The van der Waals surface area contributed by atoms with Crippen LogP contribution in [-0.2, 0) is 12.8 Å². The summed E-state index contributed by atoms with van der Waals surface area (Å²) in [5.41, 5.74) is 9.59. The zero-order valence-electron chi connectivity index (χ0n) is 28.0. The molecule has 0 aliphatic carbocycles. The van der Waals surface area contributed by atoms with Gasteiger partial charge in [-0.2, -0.15) is 0 Å². The Morgan fingerprint density at radius 1 is 0.425 bits per heavy atom. The quantitative estimate of drug-likeness (QED) is 0.122. The van der Waals surface area contributed by atoms with E-state index in [4.69, 9.17) is 0 Å². The van der Waals surface area contributed by atoms with Crippen molar-refractivity contribution in [1.29, 1.82) is 0 Å². The van der Waals surface area contributed by atoms with Crippen molar-refractivity contribution in [2.75, 3.05) is 0 Å². The minimum Gasteiger partial charge on any atom is -0.0671 e. The molecule has 3 rings (SSSR count). The average Bonchev–Trinajstić information content (AvgIpc) is 2.92. The largest absolute Gasteiger partial charge is 0.0800 e. The number of benzene rings is 2. The molecule has 0 fully saturated rings. The van der Waals surface area contributed by atoms with Gasteiger partial charge >= 0.3 is 0 Å². The SMILES string of the molecule is CCCCCCCCCCc1cc2c(cc1C)[Si](C)(C)[Si](C)(C)c1cc(C)c(CCCCCCCCCC)cc1-2. The maximum atomic E-state index is 2.68. The smallest absolute Gasteiger partial charge is 0.0671 e. The van der Waals surface area contributed by atoms with Gasteiger partial charge in [-0.05, 0) is 72.9 Å². The molecule has 0 saturated heterocycles. The van der Waals surface area contributed by atoms with Gasteiger partial charge in [0.25, 0.3) is 0 Å². The third-order valence-electron chi connectivity index (χ3n) is 10.8. The van der Waals surface area contributed by atoms with Crippen LogP contribution in [0.3, 0.4) is 0 Å². The van der Waals surface area contributed by atoms with Crippen LogP contribution in [0.5, 0.6) is 0 Å². The van der Waals surface area contributed by atoms with Gasteiger partial charge in [0, 0.05) is 0 Å². The molecule has 0 radical (unpaired) electrons. The van der Waals surface area contributed by atoms with Crippen molar-refractivity contribution >= 4 is 25.6 Å². The van der Waals surface area contributed by atoms with E-state index >= 15 is 0 Å². The average molecular weight is 577 g/mol. The molecule has 0 atom stereocenters. The van der Waals surface area contributed by atoms with E-state index in [-0.39, 0.29) is 0 Å². The van der Waals surface area contributed by atoms with Crippen molar-refractivity contribution in [2.45, 2.75) is 169 Å². The molecule has 0 spiro atoms. The standard InChI is InChI=1S/C38H64Si2/c1-9-11-13-15-17-19-21-23-25-33-29-35-36-30-34(26-24-22-20-18-16-14-12-10-2)32(4)28-38(36)40(7,8)39(5,6)37(35)27-31(33)3/h27-30H,9-26H2,1-8H3. The van der Waals surface area contributed by atoms with Crippen LogP contribution in [0.4, 0.5) is 0 Å². The lowest BCUT2D eigenvalue weighted by Gasteiger charge is -2.46. The third kappa shape index (κ3) is 8.24. The molecule has 224 valence electrons. The molecule has 0 N–H and O–H groups in total. The van der Waals surface area contributed by atoms with Gasteiger partial charge in [-0.1, -0.05) is 165 Å². The first kappa shape index (κ1) is 33.4. The van der Waals surface area contributed by atoms with Crippen LogP contribution in [0.15, 0.2) is 24.3 Å². The second kappa shape index (κ2) is 15.9. The van der Waals surface area contributed by atoms with Gasteiger partial charge in [0.05, 0.1) is 15.2 Å². The fourth-order valence-corrected chi connectivity index (χ4v) is 16.6. The van der Waals surface area contributed by atoms with Gasteiger partial charge in [0.1, 0.15) is 0 Å². The van der Waals surface area contributed by atoms with E-state index in [1.807, 2.05) is 0 Å². The highest BCUT2D eigenvalue weighted by Crippen LogP contribution is 2.36. The first-order chi connectivity index (χ1) is 19.1. The van der Waals surface area contributed by atoms with E-state index in [0.717, 1.165) is 0 Å². The molecule has 0 unspecified atom stereocenters. The first-order valence-electron chi connectivity index (χ1n) is 17.4. The Morgan fingerprint density at radius 2 is 0.725 bits per heavy atom. The Morgan fingerprint density at radius 3 is 1.05 bits per heavy atom. The molecular formula is C38H64Si2. The van der Waals surface area contributed by atoms with Gasteiger partial charge in [0.2, 0.25) is 0 Å². The lowest BCUT2D eigenvalue weighted by atomic mass is 9.92. The van der Waals surface area contributed by atoms with E-state index in [9.17, 15) is 0 Å². The van der Waals surface area contributed by atoms with Gasteiger partial charge in [-0.3, -0.25) is 0 Å². The van der Waals surface area contributed by atoms with Crippen molar-refractivity contribution in [3.63, 3.8) is 0 Å². The van der Waals surface area contributed by atoms with Crippen LogP contribution in [0, 0.1) is 13.8 Å². The van der Waals surface area contributed by atoms with Crippen LogP contribution in [-0.4, -0.2) is 15.2 Å². The Kier molecular flexibility index (Phi) is 13.3. The molecule has 0 aromatic heterocycles. The summed E-state index contributed by atoms with van der Waals surface area (Å²) in [6.45, 7) is 20.2. The Labute approximate surface area is 252 Å². The summed E-state index contributed by atoms with van der Waals surface area (Å²) in [4.78, 5) is 0. The van der Waals surface area contributed by atoms with Gasteiger partial charge < -0.3 is 0 Å². The maximum absolute atomic E-state index is 2.68. The number of fused-ring (bicyclic) bond motifs is 3. The fraction of sp³-hybridized carbons (Fsp3) is 0.684. The Balaban J connectivity index is 1.76. The molecule has 2 aromatic carbocycles. The summed E-state index contributed by atoms with van der Waals surface area (Å²) in [5.74, 6) is 0. The van der Waals surface area contributed by atoms with Crippen molar-refractivity contribution < 1.29 is 0 Å². The molecule has 40 heavy (non-hydrogen) atoms. The van der Waals surface area contributed by atoms with Gasteiger partial charge in [-0.25, -0.2) is 0 Å². The molecule has 1 aliphatic rings. The van der Waals surface area contributed by atoms with Crippen LogP contribution >= 0.6 is 0 Å². The number of hydrogen-bond acceptors (Lipinski definition) is 0. The maximum Gasteiger partial charge on any atom is 0.0800 e. The number of unbranched alkanes of at least 4 members (excludes halogenated alkanes) is 14. The zero-order valence-corrected chi connectivity index (χ0v) is 30.0. The molecule has 0 nitrogen and oxygen atoms in total. The van der Waals surface area contributed by atoms with E-state index in [1.165, 1.54) is 116 Å². The van der Waals surface area contributed by atoms with E-state index < -0.39 is 15.2 Å². The second-order valence-corrected chi connectivity index (χ2v) is 29.4. The van der Waals surface area contributed by atoms with E-state index in [2.05, 4.69) is 78.1 Å². The van der Waals surface area contributed by atoms with E-state index in [1.54, 1.807) is 43.8 Å². The summed E-state index contributed by atoms with van der Waals surface area (Å²) in [7, 11) is -3.11. The highest BCUT2D eigenvalue weighted by Gasteiger charge is 2.49. The second-order valence-electron chi connectivity index (χ2n) is 14.3. The van der Waals surface area contributed by atoms with Crippen LogP contribution < -0.4 is 10.4 Å². The van der Waals surface area contributed by atoms with Crippen LogP contribution in [0.25, 0.3) is 11.1 Å². The van der Waals surface area contributed by atoms with Crippen molar-refractivity contribution in [1.82, 2.24) is 0 Å². The molecule has 1 aliphatic heterocycles. The lowest BCUT2D eigenvalue weighted by Crippen LogP contribution is -2.72. The summed E-state index contributed by atoms with van der Waals surface area (Å²) < 4.78 is 0. The van der Waals surface area contributed by atoms with Crippen molar-refractivity contribution in [3.8, 4) is 11.1 Å². The molecule has 2 heteroatoms. The van der Waals surface area contributed by atoms with Crippen LogP contribution in [0.1, 0.15) is 139 Å². The number of hydrogen-bond donors (Lipinski definition) is 0. The molecular weight excluding hydrogens is 513 g/mol. The van der Waals surface area contributed by atoms with E-state index in [0.29, 0.717) is 0 Å². The van der Waals surface area contributed by atoms with Gasteiger partial charge in [-0.15, -0.1) is 0 Å². The summed E-state index contributed by atoms with van der Waals surface area (Å²) in [5, 5.41) is 3.52. The lowest BCUT2D eigenvalue weighted by molar-refractivity contribution is 0.575. The molecule has 0 amide bonds. The van der Waals surface area contributed by atoms with Crippen molar-refractivity contribution in [3.05, 3.63) is 46.5 Å². The summed E-state index contributed by atoms with van der Waals surface area (Å²) in [6, 6.07) is 10.7. The summed E-state index contributed by atoms with van der Waals surface area (Å²) in [6.07, 6.45) is 24.9. The van der Waals surface area contributed by atoms with Crippen molar-refractivity contribution in [2.24, 2.45) is 0 Å². The highest BCUT2D eigenvalue weighted by molar-refractivity contribution is 7.50. The monoisotopic (exact) mass is 576 g/mol. The predicted molar refractivity (Wildman–Crippen MR) is 188 cm³/mol. The Bertz CT molecular complexity index is 976. The highest BCUT2D eigenvalue weighted by atomic mass is 29.3. The molecule has 0 bridgehead atoms. The first-order valence-corrected chi connectivity index (χ1v) is 24.4. The molecule has 1 heterocycles. The topological polar surface area (TPSA) is 0 Å². The van der Waals surface area contributed by atoms with Gasteiger partial charge in [0.15, 0.2) is 0 Å². The normalized spacial score (nSPS) is 15.2. The Hall–Kier alpha value is -1.13. The molecule has 2 aromatic rings. The van der Waals surface area contributed by atoms with Crippen LogP contribution in [0.2, 0.25) is 26.2 Å². The minimum absolute atomic E-state index is 1.25. The molecule has 0 saturated carbocycles. The predicted octanol–water partition coefficient (Wildman–Crippen LogP) is 11.3. The minimum atomic E-state index is -1.56. The third-order valence-corrected chi connectivity index (χ3v) is 28.4. The summed E-state index contributed by atoms with van der Waals surface area (Å²) >= 11 is 0. The number of aryl methyl sites for hydroxylation is 4. The fourth-order valence-electron chi connectivity index (χ4n) is 7.10.